The van der Waals surface area contributed by atoms with Gasteiger partial charge < -0.3 is 15.0 Å². The summed E-state index contributed by atoms with van der Waals surface area (Å²) in [6.45, 7) is 1.91. The Morgan fingerprint density at radius 2 is 2.05 bits per heavy atom. The molecule has 0 aliphatic carbocycles. The van der Waals surface area contributed by atoms with Gasteiger partial charge in [-0.25, -0.2) is 4.79 Å². The molecule has 0 unspecified atom stereocenters. The van der Waals surface area contributed by atoms with Crippen molar-refractivity contribution in [1.29, 1.82) is 0 Å². The normalized spacial score (nSPS) is 10.2. The average molecular weight is 258 g/mol. The van der Waals surface area contributed by atoms with Crippen LogP contribution in [-0.2, 0) is 11.3 Å². The molecule has 2 aromatic rings. The number of amides is 1. The number of aryl methyl sites for hydroxylation is 1. The van der Waals surface area contributed by atoms with Crippen molar-refractivity contribution >= 4 is 17.6 Å². The van der Waals surface area contributed by atoms with E-state index in [0.29, 0.717) is 5.69 Å². The predicted molar refractivity (Wildman–Crippen MR) is 71.2 cm³/mol. The Balaban J connectivity index is 2.05. The number of aromatic nitrogens is 1. The summed E-state index contributed by atoms with van der Waals surface area (Å²) in [7, 11) is 0. The topological polar surface area (TPSA) is 71.3 Å². The zero-order valence-electron chi connectivity index (χ0n) is 10.5. The molecule has 5 nitrogen and oxygen atoms in total. The first kappa shape index (κ1) is 12.9. The number of anilines is 1. The maximum Gasteiger partial charge on any atom is 0.352 e. The third-order valence-electron chi connectivity index (χ3n) is 2.66. The molecule has 0 fully saturated rings. The van der Waals surface area contributed by atoms with E-state index in [2.05, 4.69) is 5.32 Å². The monoisotopic (exact) mass is 258 g/mol. The Hall–Kier alpha value is -2.56. The molecule has 0 aliphatic rings. The molecule has 0 saturated heterocycles. The maximum atomic E-state index is 11.8. The van der Waals surface area contributed by atoms with Crippen LogP contribution in [0.1, 0.15) is 16.1 Å². The summed E-state index contributed by atoms with van der Waals surface area (Å²) in [5, 5.41) is 11.7. The predicted octanol–water partition coefficient (Wildman–Crippen LogP) is 2.13. The number of rotatable bonds is 4. The average Bonchev–Trinajstić information content (AvgIpc) is 2.76. The first-order valence-corrected chi connectivity index (χ1v) is 5.81. The second-order valence-electron chi connectivity index (χ2n) is 4.24. The lowest BCUT2D eigenvalue weighted by Crippen LogP contribution is -2.20. The molecule has 0 bridgehead atoms. The number of carbonyl (C=O) groups excluding carboxylic acids is 1. The van der Waals surface area contributed by atoms with Gasteiger partial charge in [0.15, 0.2) is 0 Å². The van der Waals surface area contributed by atoms with E-state index in [-0.39, 0.29) is 18.1 Å². The van der Waals surface area contributed by atoms with Crippen LogP contribution in [0.4, 0.5) is 5.69 Å². The van der Waals surface area contributed by atoms with Crippen LogP contribution in [0.5, 0.6) is 0 Å². The quantitative estimate of drug-likeness (QED) is 0.882. The van der Waals surface area contributed by atoms with Gasteiger partial charge in [0, 0.05) is 11.9 Å². The van der Waals surface area contributed by atoms with Crippen molar-refractivity contribution in [3.63, 3.8) is 0 Å². The first-order valence-electron chi connectivity index (χ1n) is 5.81. The highest BCUT2D eigenvalue weighted by Gasteiger charge is 2.11. The summed E-state index contributed by atoms with van der Waals surface area (Å²) in [4.78, 5) is 22.8. The van der Waals surface area contributed by atoms with E-state index in [1.807, 2.05) is 25.1 Å². The molecule has 5 heteroatoms. The van der Waals surface area contributed by atoms with Crippen LogP contribution >= 0.6 is 0 Å². The maximum absolute atomic E-state index is 11.8. The van der Waals surface area contributed by atoms with Gasteiger partial charge in [0.1, 0.15) is 12.2 Å². The minimum atomic E-state index is -1.05. The largest absolute Gasteiger partial charge is 0.477 e. The fourth-order valence-corrected chi connectivity index (χ4v) is 1.82. The number of benzene rings is 1. The van der Waals surface area contributed by atoms with Gasteiger partial charge >= 0.3 is 5.97 Å². The molecule has 0 radical (unpaired) electrons. The highest BCUT2D eigenvalue weighted by Crippen LogP contribution is 2.10. The van der Waals surface area contributed by atoms with Gasteiger partial charge in [-0.05, 0) is 36.8 Å². The van der Waals surface area contributed by atoms with Gasteiger partial charge in [-0.3, -0.25) is 4.79 Å². The molecular formula is C14H14N2O3. The Morgan fingerprint density at radius 1 is 1.26 bits per heavy atom. The van der Waals surface area contributed by atoms with Crippen LogP contribution in [0.3, 0.4) is 0 Å². The summed E-state index contributed by atoms with van der Waals surface area (Å²) in [6.07, 6.45) is 1.57. The second kappa shape index (κ2) is 5.39. The Labute approximate surface area is 110 Å². The zero-order chi connectivity index (χ0) is 13.8. The van der Waals surface area contributed by atoms with Crippen molar-refractivity contribution in [2.75, 3.05) is 5.32 Å². The van der Waals surface area contributed by atoms with Crippen LogP contribution < -0.4 is 5.32 Å². The summed E-state index contributed by atoms with van der Waals surface area (Å²) < 4.78 is 1.40. The number of carboxylic acid groups (broad SMARTS) is 1. The molecule has 0 saturated carbocycles. The molecule has 2 rings (SSSR count). The summed E-state index contributed by atoms with van der Waals surface area (Å²) in [5.41, 5.74) is 1.85. The van der Waals surface area contributed by atoms with Gasteiger partial charge in [0.25, 0.3) is 0 Å². The Bertz CT molecular complexity index is 617. The van der Waals surface area contributed by atoms with Gasteiger partial charge in [-0.2, -0.15) is 0 Å². The third kappa shape index (κ3) is 3.22. The van der Waals surface area contributed by atoms with Gasteiger partial charge in [-0.1, -0.05) is 12.1 Å². The molecule has 1 amide bonds. The molecule has 0 spiro atoms. The van der Waals surface area contributed by atoms with Crippen molar-refractivity contribution < 1.29 is 14.7 Å². The van der Waals surface area contributed by atoms with E-state index in [1.54, 1.807) is 18.3 Å². The molecule has 1 heterocycles. The zero-order valence-corrected chi connectivity index (χ0v) is 10.5. The summed E-state index contributed by atoms with van der Waals surface area (Å²) in [5.74, 6) is -1.31. The highest BCUT2D eigenvalue weighted by molar-refractivity contribution is 5.92. The number of aromatic carboxylic acids is 1. The van der Waals surface area contributed by atoms with Gasteiger partial charge in [0.05, 0.1) is 0 Å². The third-order valence-corrected chi connectivity index (χ3v) is 2.66. The fourth-order valence-electron chi connectivity index (χ4n) is 1.82. The van der Waals surface area contributed by atoms with Crippen LogP contribution in [0.15, 0.2) is 42.6 Å². The standard InChI is InChI=1S/C14H14N2O3/c1-10-4-2-5-11(8-10)15-13(17)9-16-7-3-6-12(16)14(18)19/h2-8H,9H2,1H3,(H,15,17)(H,18,19). The molecule has 1 aromatic carbocycles. The lowest BCUT2D eigenvalue weighted by Gasteiger charge is -2.08. The van der Waals surface area contributed by atoms with Crippen molar-refractivity contribution in [3.05, 3.63) is 53.9 Å². The second-order valence-corrected chi connectivity index (χ2v) is 4.24. The molecule has 98 valence electrons. The van der Waals surface area contributed by atoms with E-state index in [4.69, 9.17) is 5.11 Å². The van der Waals surface area contributed by atoms with E-state index >= 15 is 0 Å². The summed E-state index contributed by atoms with van der Waals surface area (Å²) in [6, 6.07) is 10.5. The Morgan fingerprint density at radius 3 is 2.74 bits per heavy atom. The number of nitrogens with zero attached hydrogens (tertiary/aromatic N) is 1. The van der Waals surface area contributed by atoms with Crippen LogP contribution in [0, 0.1) is 6.92 Å². The number of hydrogen-bond acceptors (Lipinski definition) is 2. The minimum Gasteiger partial charge on any atom is -0.477 e. The van der Waals surface area contributed by atoms with Crippen LogP contribution in [0.2, 0.25) is 0 Å². The lowest BCUT2D eigenvalue weighted by atomic mass is 10.2. The summed E-state index contributed by atoms with van der Waals surface area (Å²) >= 11 is 0. The lowest BCUT2D eigenvalue weighted by molar-refractivity contribution is -0.116. The number of carbonyl (C=O) groups is 2. The number of carboxylic acids is 1. The first-order chi connectivity index (χ1) is 9.06. The fraction of sp³-hybridized carbons (Fsp3) is 0.143. The van der Waals surface area contributed by atoms with Crippen molar-refractivity contribution in [2.24, 2.45) is 0 Å². The van der Waals surface area contributed by atoms with Crippen molar-refractivity contribution in [1.82, 2.24) is 4.57 Å². The molecule has 0 aliphatic heterocycles. The smallest absolute Gasteiger partial charge is 0.352 e. The van der Waals surface area contributed by atoms with Crippen molar-refractivity contribution in [3.8, 4) is 0 Å². The van der Waals surface area contributed by atoms with Gasteiger partial charge in [0.2, 0.25) is 5.91 Å². The van der Waals surface area contributed by atoms with Gasteiger partial charge in [-0.15, -0.1) is 0 Å². The molecule has 2 N–H and O–H groups in total. The van der Waals surface area contributed by atoms with E-state index < -0.39 is 5.97 Å². The van der Waals surface area contributed by atoms with Crippen LogP contribution in [-0.4, -0.2) is 21.6 Å². The van der Waals surface area contributed by atoms with E-state index in [9.17, 15) is 9.59 Å². The van der Waals surface area contributed by atoms with Crippen molar-refractivity contribution in [2.45, 2.75) is 13.5 Å². The minimum absolute atomic E-state index is 0.0252. The van der Waals surface area contributed by atoms with E-state index in [1.165, 1.54) is 10.6 Å². The number of hydrogen-bond donors (Lipinski definition) is 2. The molecule has 0 atom stereocenters. The SMILES string of the molecule is Cc1cccc(NC(=O)Cn2cccc2C(=O)O)c1. The van der Waals surface area contributed by atoms with E-state index in [0.717, 1.165) is 5.56 Å². The molecule has 19 heavy (non-hydrogen) atoms. The Kier molecular flexibility index (Phi) is 3.66. The van der Waals surface area contributed by atoms with Crippen LogP contribution in [0.25, 0.3) is 0 Å². The highest BCUT2D eigenvalue weighted by atomic mass is 16.4. The molecule has 1 aromatic heterocycles. The number of nitrogens with one attached hydrogen (secondary N) is 1. The molecular weight excluding hydrogens is 244 g/mol.